The lowest BCUT2D eigenvalue weighted by Gasteiger charge is -2.27. The molecule has 0 bridgehead atoms. The number of fused-ring (bicyclic) bond motifs is 1. The molecule has 0 spiro atoms. The minimum absolute atomic E-state index is 0.0165. The first kappa shape index (κ1) is 32.0. The van der Waals surface area contributed by atoms with Crippen molar-refractivity contribution in [1.29, 1.82) is 0 Å². The van der Waals surface area contributed by atoms with Gasteiger partial charge in [0, 0.05) is 23.2 Å². The molecular weight excluding hydrogens is 544 g/mol. The number of H-pyrrole nitrogens is 1. The van der Waals surface area contributed by atoms with Gasteiger partial charge >= 0.3 is 6.09 Å². The molecule has 3 aromatic rings. The molecule has 12 heteroatoms. The molecule has 226 valence electrons. The number of hydrogen-bond acceptors (Lipinski definition) is 8. The number of benzene rings is 2. The van der Waals surface area contributed by atoms with Crippen molar-refractivity contribution in [1.82, 2.24) is 21.1 Å². The molecule has 42 heavy (non-hydrogen) atoms. The summed E-state index contributed by atoms with van der Waals surface area (Å²) in [5.74, 6) is -0.522. The maximum Gasteiger partial charge on any atom is 0.408 e. The Balaban J connectivity index is 1.82. The highest BCUT2D eigenvalue weighted by Gasteiger charge is 2.30. The van der Waals surface area contributed by atoms with Crippen LogP contribution in [0.15, 0.2) is 54.7 Å². The Morgan fingerprint density at radius 3 is 2.48 bits per heavy atom. The summed E-state index contributed by atoms with van der Waals surface area (Å²) in [6, 6.07) is 10.9. The fraction of sp³-hybridized carbons (Fsp3) is 0.367. The number of ether oxygens (including phenoxy) is 3. The van der Waals surface area contributed by atoms with Crippen LogP contribution in [0, 0.1) is 0 Å². The van der Waals surface area contributed by atoms with Gasteiger partial charge in [-0.3, -0.25) is 14.8 Å². The lowest BCUT2D eigenvalue weighted by Crippen LogP contribution is -2.56. The van der Waals surface area contributed by atoms with E-state index in [9.17, 15) is 19.5 Å². The van der Waals surface area contributed by atoms with Gasteiger partial charge in [0.25, 0.3) is 5.91 Å². The molecule has 0 aliphatic heterocycles. The number of hydroxylamine groups is 1. The molecule has 0 radical (unpaired) electrons. The molecular formula is C30H38N4O8. The summed E-state index contributed by atoms with van der Waals surface area (Å²) >= 11 is 0. The molecule has 3 amide bonds. The standard InChI is InChI=1S/C30H38N4O8/c1-18(35)27(33-29(38)42-30(2,3)4)28(37)32-21(15-20-16-31-23-9-7-6-8-22(20)23)17-41-24-12-10-19(14-25(24)40-5)11-13-26(36)34-39/h6-14,16,18,21,27,31,35,39H,15,17H2,1-5H3,(H,32,37)(H,33,38)(H,34,36)/b13-11+/t18-,21-,27+/m0/s1. The van der Waals surface area contributed by atoms with Gasteiger partial charge in [-0.15, -0.1) is 0 Å². The highest BCUT2D eigenvalue weighted by atomic mass is 16.6. The number of alkyl carbamates (subject to hydrolysis) is 1. The maximum atomic E-state index is 13.3. The van der Waals surface area contributed by atoms with Gasteiger partial charge in [0.2, 0.25) is 5.91 Å². The summed E-state index contributed by atoms with van der Waals surface area (Å²) in [6.07, 6.45) is 2.84. The minimum Gasteiger partial charge on any atom is -0.493 e. The molecule has 0 unspecified atom stereocenters. The van der Waals surface area contributed by atoms with Crippen LogP contribution in [0.1, 0.15) is 38.8 Å². The molecule has 3 rings (SSSR count). The Kier molecular flexibility index (Phi) is 10.9. The van der Waals surface area contributed by atoms with E-state index in [2.05, 4.69) is 15.6 Å². The van der Waals surface area contributed by atoms with E-state index >= 15 is 0 Å². The minimum atomic E-state index is -1.28. The summed E-state index contributed by atoms with van der Waals surface area (Å²) in [4.78, 5) is 40.2. The lowest BCUT2D eigenvalue weighted by atomic mass is 10.0. The smallest absolute Gasteiger partial charge is 0.408 e. The number of aliphatic hydroxyl groups excluding tert-OH is 1. The Bertz CT molecular complexity index is 1410. The summed E-state index contributed by atoms with van der Waals surface area (Å²) in [5, 5.41) is 25.3. The zero-order valence-electron chi connectivity index (χ0n) is 24.3. The molecule has 6 N–H and O–H groups in total. The zero-order chi connectivity index (χ0) is 30.9. The monoisotopic (exact) mass is 582 g/mol. The summed E-state index contributed by atoms with van der Waals surface area (Å²) in [6.45, 7) is 6.51. The molecule has 2 aromatic carbocycles. The Morgan fingerprint density at radius 1 is 1.07 bits per heavy atom. The van der Waals surface area contributed by atoms with Crippen LogP contribution in [-0.4, -0.2) is 70.7 Å². The highest BCUT2D eigenvalue weighted by Crippen LogP contribution is 2.29. The number of rotatable bonds is 12. The van der Waals surface area contributed by atoms with Crippen molar-refractivity contribution in [3.63, 3.8) is 0 Å². The van der Waals surface area contributed by atoms with E-state index in [0.717, 1.165) is 22.5 Å². The van der Waals surface area contributed by atoms with E-state index in [1.165, 1.54) is 25.6 Å². The van der Waals surface area contributed by atoms with Gasteiger partial charge in [-0.05, 0) is 69.5 Å². The molecule has 1 aromatic heterocycles. The van der Waals surface area contributed by atoms with Crippen LogP contribution < -0.4 is 25.6 Å². The average molecular weight is 583 g/mol. The van der Waals surface area contributed by atoms with Crippen molar-refractivity contribution >= 4 is 34.9 Å². The second kappa shape index (κ2) is 14.4. The fourth-order valence-corrected chi connectivity index (χ4v) is 4.15. The molecule has 0 aliphatic rings. The molecule has 0 aliphatic carbocycles. The number of hydrogen-bond donors (Lipinski definition) is 6. The molecule has 0 saturated heterocycles. The van der Waals surface area contributed by atoms with E-state index in [-0.39, 0.29) is 6.61 Å². The van der Waals surface area contributed by atoms with E-state index in [1.807, 2.05) is 30.5 Å². The van der Waals surface area contributed by atoms with E-state index in [4.69, 9.17) is 19.4 Å². The van der Waals surface area contributed by atoms with Gasteiger partial charge in [0.05, 0.1) is 19.3 Å². The number of carbonyl (C=O) groups excluding carboxylic acids is 3. The van der Waals surface area contributed by atoms with Gasteiger partial charge in [-0.2, -0.15) is 0 Å². The first-order valence-corrected chi connectivity index (χ1v) is 13.4. The average Bonchev–Trinajstić information content (AvgIpc) is 3.34. The van der Waals surface area contributed by atoms with Crippen molar-refractivity contribution in [3.05, 3.63) is 65.9 Å². The third-order valence-electron chi connectivity index (χ3n) is 6.09. The number of aliphatic hydroxyl groups is 1. The topological polar surface area (TPSA) is 171 Å². The molecule has 3 atom stereocenters. The first-order chi connectivity index (χ1) is 19.9. The largest absolute Gasteiger partial charge is 0.493 e. The second-order valence-corrected chi connectivity index (χ2v) is 10.7. The van der Waals surface area contributed by atoms with Gasteiger partial charge < -0.3 is 34.9 Å². The van der Waals surface area contributed by atoms with Crippen molar-refractivity contribution < 1.29 is 38.9 Å². The maximum absolute atomic E-state index is 13.3. The van der Waals surface area contributed by atoms with Crippen LogP contribution in [-0.2, 0) is 20.7 Å². The van der Waals surface area contributed by atoms with Crippen molar-refractivity contribution in [3.8, 4) is 11.5 Å². The zero-order valence-corrected chi connectivity index (χ0v) is 24.3. The van der Waals surface area contributed by atoms with Crippen LogP contribution >= 0.6 is 0 Å². The lowest BCUT2D eigenvalue weighted by molar-refractivity contribution is -0.126. The number of para-hydroxylation sites is 1. The Labute approximate surface area is 244 Å². The number of aromatic nitrogens is 1. The quantitative estimate of drug-likeness (QED) is 0.107. The summed E-state index contributed by atoms with van der Waals surface area (Å²) in [7, 11) is 1.47. The third-order valence-corrected chi connectivity index (χ3v) is 6.09. The summed E-state index contributed by atoms with van der Waals surface area (Å²) in [5.41, 5.74) is 3.23. The molecule has 0 fully saturated rings. The SMILES string of the molecule is COc1cc(/C=C/C(=O)NO)ccc1OC[C@H](Cc1c[nH]c2ccccc12)NC(=O)[C@H](NC(=O)OC(C)(C)C)[C@H](C)O. The van der Waals surface area contributed by atoms with Crippen molar-refractivity contribution in [2.24, 2.45) is 0 Å². The fourth-order valence-electron chi connectivity index (χ4n) is 4.15. The van der Waals surface area contributed by atoms with Crippen LogP contribution in [0.2, 0.25) is 0 Å². The van der Waals surface area contributed by atoms with Crippen LogP contribution in [0.4, 0.5) is 4.79 Å². The Hall–Kier alpha value is -4.55. The second-order valence-electron chi connectivity index (χ2n) is 10.7. The number of carbonyl (C=O) groups is 3. The molecule has 12 nitrogen and oxygen atoms in total. The number of methoxy groups -OCH3 is 1. The van der Waals surface area contributed by atoms with Gasteiger partial charge in [0.1, 0.15) is 18.2 Å². The number of amides is 3. The number of aromatic amines is 1. The van der Waals surface area contributed by atoms with Crippen LogP contribution in [0.5, 0.6) is 11.5 Å². The van der Waals surface area contributed by atoms with Crippen LogP contribution in [0.3, 0.4) is 0 Å². The highest BCUT2D eigenvalue weighted by molar-refractivity contribution is 5.91. The van der Waals surface area contributed by atoms with E-state index in [1.54, 1.807) is 39.0 Å². The van der Waals surface area contributed by atoms with Crippen molar-refractivity contribution in [2.75, 3.05) is 13.7 Å². The van der Waals surface area contributed by atoms with E-state index in [0.29, 0.717) is 23.5 Å². The molecule has 1 heterocycles. The van der Waals surface area contributed by atoms with Gasteiger partial charge in [-0.1, -0.05) is 24.3 Å². The van der Waals surface area contributed by atoms with Crippen molar-refractivity contribution in [2.45, 2.75) is 57.9 Å². The third kappa shape index (κ3) is 9.25. The first-order valence-electron chi connectivity index (χ1n) is 13.4. The van der Waals surface area contributed by atoms with Gasteiger partial charge in [-0.25, -0.2) is 10.3 Å². The van der Waals surface area contributed by atoms with Gasteiger partial charge in [0.15, 0.2) is 11.5 Å². The summed E-state index contributed by atoms with van der Waals surface area (Å²) < 4.78 is 16.8. The normalized spacial score (nSPS) is 13.7. The van der Waals surface area contributed by atoms with Crippen LogP contribution in [0.25, 0.3) is 17.0 Å². The Morgan fingerprint density at radius 2 is 1.81 bits per heavy atom. The predicted octanol–water partition coefficient (Wildman–Crippen LogP) is 3.08. The number of nitrogens with one attached hydrogen (secondary N) is 4. The van der Waals surface area contributed by atoms with E-state index < -0.39 is 41.7 Å². The predicted molar refractivity (Wildman–Crippen MR) is 156 cm³/mol. The molecule has 0 saturated carbocycles.